The van der Waals surface area contributed by atoms with Gasteiger partial charge in [0.1, 0.15) is 11.4 Å². The third-order valence-corrected chi connectivity index (χ3v) is 7.20. The highest BCUT2D eigenvalue weighted by Gasteiger charge is 2.28. The monoisotopic (exact) mass is 510 g/mol. The van der Waals surface area contributed by atoms with Crippen molar-refractivity contribution in [2.45, 2.75) is 19.3 Å². The summed E-state index contributed by atoms with van der Waals surface area (Å²) in [6.45, 7) is 4.32. The molecule has 6 nitrogen and oxygen atoms in total. The smallest absolute Gasteiger partial charge is 0.111 e. The van der Waals surface area contributed by atoms with Gasteiger partial charge in [0.25, 0.3) is 0 Å². The number of aryl methyl sites for hydroxylation is 2. The van der Waals surface area contributed by atoms with Crippen molar-refractivity contribution in [2.24, 2.45) is 14.1 Å². The maximum Gasteiger partial charge on any atom is 0.111 e. The van der Waals surface area contributed by atoms with E-state index >= 15 is 0 Å². The van der Waals surface area contributed by atoms with Crippen LogP contribution in [-0.4, -0.2) is 29.5 Å². The van der Waals surface area contributed by atoms with Crippen LogP contribution in [0.1, 0.15) is 25.2 Å². The summed E-state index contributed by atoms with van der Waals surface area (Å²) >= 11 is 0. The summed E-state index contributed by atoms with van der Waals surface area (Å²) in [6, 6.07) is 37.0. The van der Waals surface area contributed by atoms with Crippen LogP contribution in [-0.2, 0) is 19.5 Å². The molecule has 0 spiro atoms. The Balaban J connectivity index is 1.33. The molecule has 6 heteroatoms. The maximum absolute atomic E-state index is 5.06. The molecule has 0 atom stereocenters. The molecule has 39 heavy (non-hydrogen) atoms. The first kappa shape index (κ1) is 24.5. The maximum atomic E-state index is 5.06. The number of rotatable bonds is 6. The molecule has 0 fully saturated rings. The predicted molar refractivity (Wildman–Crippen MR) is 156 cm³/mol. The van der Waals surface area contributed by atoms with Crippen molar-refractivity contribution < 1.29 is 0 Å². The van der Waals surface area contributed by atoms with Gasteiger partial charge in [0, 0.05) is 19.5 Å². The second kappa shape index (κ2) is 9.80. The van der Waals surface area contributed by atoms with Crippen LogP contribution in [0, 0.1) is 0 Å². The summed E-state index contributed by atoms with van der Waals surface area (Å²) in [5, 5.41) is 9.54. The number of pyridine rings is 2. The minimum atomic E-state index is -0.430. The fourth-order valence-electron chi connectivity index (χ4n) is 4.93. The highest BCUT2D eigenvalue weighted by atomic mass is 15.3. The molecule has 0 aliphatic carbocycles. The van der Waals surface area contributed by atoms with Crippen molar-refractivity contribution in [3.63, 3.8) is 0 Å². The Morgan fingerprint density at radius 2 is 0.897 bits per heavy atom. The van der Waals surface area contributed by atoms with Gasteiger partial charge < -0.3 is 0 Å². The van der Waals surface area contributed by atoms with E-state index in [1.807, 2.05) is 84.1 Å². The second-order valence-electron chi connectivity index (χ2n) is 10.3. The molecule has 6 rings (SSSR count). The molecule has 6 aromatic rings. The van der Waals surface area contributed by atoms with Gasteiger partial charge in [-0.2, -0.15) is 10.2 Å². The van der Waals surface area contributed by atoms with Gasteiger partial charge >= 0.3 is 0 Å². The van der Waals surface area contributed by atoms with E-state index in [0.29, 0.717) is 0 Å². The molecule has 0 radical (unpaired) electrons. The fourth-order valence-corrected chi connectivity index (χ4v) is 4.93. The van der Waals surface area contributed by atoms with Crippen molar-refractivity contribution in [2.75, 3.05) is 0 Å². The molecule has 0 unspecified atom stereocenters. The van der Waals surface area contributed by atoms with E-state index in [2.05, 4.69) is 62.4 Å². The first-order valence-electron chi connectivity index (χ1n) is 13.0. The molecule has 0 aliphatic heterocycles. The molecule has 0 N–H and O–H groups in total. The predicted octanol–water partition coefficient (Wildman–Crippen LogP) is 6.94. The molecule has 0 bridgehead atoms. The third-order valence-electron chi connectivity index (χ3n) is 7.20. The number of hydrogen-bond donors (Lipinski definition) is 0. The molecule has 2 aromatic carbocycles. The Bertz CT molecular complexity index is 1620. The number of nitrogens with zero attached hydrogens (tertiary/aromatic N) is 6. The lowest BCUT2D eigenvalue weighted by atomic mass is 9.84. The van der Waals surface area contributed by atoms with Crippen LogP contribution in [0.5, 0.6) is 0 Å². The Labute approximate surface area is 228 Å². The van der Waals surface area contributed by atoms with E-state index in [-0.39, 0.29) is 0 Å². The summed E-state index contributed by atoms with van der Waals surface area (Å²) in [7, 11) is 3.94. The summed E-state index contributed by atoms with van der Waals surface area (Å²) in [4.78, 5) is 10.1. The topological polar surface area (TPSA) is 61.4 Å². The van der Waals surface area contributed by atoms with Crippen molar-refractivity contribution in [1.82, 2.24) is 29.5 Å². The largest absolute Gasteiger partial charge is 0.267 e. The zero-order valence-electron chi connectivity index (χ0n) is 22.6. The molecule has 192 valence electrons. The van der Waals surface area contributed by atoms with Crippen LogP contribution in [0.25, 0.3) is 45.3 Å². The van der Waals surface area contributed by atoms with Gasteiger partial charge in [-0.15, -0.1) is 0 Å². The van der Waals surface area contributed by atoms with E-state index in [1.165, 1.54) is 0 Å². The van der Waals surface area contributed by atoms with Crippen LogP contribution in [0.4, 0.5) is 0 Å². The van der Waals surface area contributed by atoms with Crippen LogP contribution >= 0.6 is 0 Å². The Hall–Kier alpha value is -4.84. The lowest BCUT2D eigenvalue weighted by molar-refractivity contribution is 0.596. The molecule has 0 aliphatic rings. The number of hydrogen-bond acceptors (Lipinski definition) is 4. The van der Waals surface area contributed by atoms with Crippen LogP contribution in [0.3, 0.4) is 0 Å². The van der Waals surface area contributed by atoms with Crippen molar-refractivity contribution in [3.05, 3.63) is 121 Å². The minimum Gasteiger partial charge on any atom is -0.267 e. The zero-order chi connectivity index (χ0) is 27.0. The lowest BCUT2D eigenvalue weighted by Crippen LogP contribution is -2.22. The molecule has 0 amide bonds. The Morgan fingerprint density at radius 3 is 1.31 bits per heavy atom. The van der Waals surface area contributed by atoms with E-state index in [1.54, 1.807) is 0 Å². The normalized spacial score (nSPS) is 11.6. The Morgan fingerprint density at radius 1 is 0.487 bits per heavy atom. The highest BCUT2D eigenvalue weighted by Crippen LogP contribution is 2.33. The van der Waals surface area contributed by atoms with Crippen molar-refractivity contribution in [3.8, 4) is 45.3 Å². The Kier molecular flexibility index (Phi) is 6.15. The summed E-state index contributed by atoms with van der Waals surface area (Å²) in [6.07, 6.45) is 0. The fraction of sp³-hybridized carbons (Fsp3) is 0.152. The number of aromatic nitrogens is 6. The third kappa shape index (κ3) is 4.66. The quantitative estimate of drug-likeness (QED) is 0.244. The average molecular weight is 511 g/mol. The van der Waals surface area contributed by atoms with Gasteiger partial charge in [-0.05, 0) is 61.4 Å². The van der Waals surface area contributed by atoms with Gasteiger partial charge in [0.05, 0.1) is 34.2 Å². The van der Waals surface area contributed by atoms with E-state index < -0.39 is 5.41 Å². The standard InChI is InChI=1S/C33H30N6/c1-33(2,31-19-11-17-25(34-31)27-21-29(38(3)36-27)23-13-7-5-8-14-23)32-20-12-18-26(35-32)28-22-30(39(4)37-28)24-15-9-6-10-16-24/h5-22H,1-4H3. The molecule has 4 aromatic heterocycles. The van der Waals surface area contributed by atoms with E-state index in [0.717, 1.165) is 56.7 Å². The zero-order valence-corrected chi connectivity index (χ0v) is 22.6. The van der Waals surface area contributed by atoms with Crippen LogP contribution in [0.15, 0.2) is 109 Å². The second-order valence-corrected chi connectivity index (χ2v) is 10.3. The SMILES string of the molecule is Cn1nc(-c2cccc(C(C)(C)c3cccc(-c4cc(-c5ccccc5)n(C)n4)n3)n2)cc1-c1ccccc1. The molecular weight excluding hydrogens is 480 g/mol. The van der Waals surface area contributed by atoms with Gasteiger partial charge in [0.15, 0.2) is 0 Å². The molecule has 0 saturated carbocycles. The molecule has 4 heterocycles. The molecule has 0 saturated heterocycles. The van der Waals surface area contributed by atoms with Crippen LogP contribution < -0.4 is 0 Å². The van der Waals surface area contributed by atoms with Gasteiger partial charge in [-0.3, -0.25) is 19.3 Å². The van der Waals surface area contributed by atoms with E-state index in [4.69, 9.17) is 20.2 Å². The first-order chi connectivity index (χ1) is 18.9. The lowest BCUT2D eigenvalue weighted by Gasteiger charge is -2.24. The summed E-state index contributed by atoms with van der Waals surface area (Å²) in [5.74, 6) is 0. The summed E-state index contributed by atoms with van der Waals surface area (Å²) in [5.41, 5.74) is 9.16. The van der Waals surface area contributed by atoms with Gasteiger partial charge in [0.2, 0.25) is 0 Å². The van der Waals surface area contributed by atoms with E-state index in [9.17, 15) is 0 Å². The van der Waals surface area contributed by atoms with Gasteiger partial charge in [-0.1, -0.05) is 72.8 Å². The number of benzene rings is 2. The summed E-state index contributed by atoms with van der Waals surface area (Å²) < 4.78 is 3.82. The van der Waals surface area contributed by atoms with Crippen molar-refractivity contribution in [1.29, 1.82) is 0 Å². The first-order valence-corrected chi connectivity index (χ1v) is 13.0. The minimum absolute atomic E-state index is 0.430. The molecular formula is C33H30N6. The average Bonchev–Trinajstić information content (AvgIpc) is 3.57. The van der Waals surface area contributed by atoms with Gasteiger partial charge in [-0.25, -0.2) is 0 Å². The van der Waals surface area contributed by atoms with Crippen LogP contribution in [0.2, 0.25) is 0 Å². The van der Waals surface area contributed by atoms with Crippen molar-refractivity contribution >= 4 is 0 Å². The highest BCUT2D eigenvalue weighted by molar-refractivity contribution is 5.68.